The van der Waals surface area contributed by atoms with Crippen LogP contribution >= 0.6 is 12.2 Å². The van der Waals surface area contributed by atoms with E-state index in [9.17, 15) is 0 Å². The molecule has 104 valence electrons. The molecule has 0 atom stereocenters. The molecule has 2 nitrogen and oxygen atoms in total. The van der Waals surface area contributed by atoms with Crippen molar-refractivity contribution in [3.8, 4) is 0 Å². The average molecular weight is 268 g/mol. The lowest BCUT2D eigenvalue weighted by Crippen LogP contribution is -2.40. The fourth-order valence-electron chi connectivity index (χ4n) is 3.42. The standard InChI is InChI=1S/C15H28N2S/c1-14(2)6-4-12(5-7-14)17(3)11-15(8-9-15)10-13(16)18/h12H,4-11H2,1-3H3,(H2,16,18). The summed E-state index contributed by atoms with van der Waals surface area (Å²) in [5, 5.41) is 0. The van der Waals surface area contributed by atoms with Gasteiger partial charge in [0.25, 0.3) is 0 Å². The molecule has 0 aromatic carbocycles. The predicted octanol–water partition coefficient (Wildman–Crippen LogP) is 3.34. The van der Waals surface area contributed by atoms with Crippen LogP contribution in [-0.4, -0.2) is 29.5 Å². The molecule has 2 aliphatic rings. The second-order valence-electron chi connectivity index (χ2n) is 7.45. The molecule has 0 aromatic heterocycles. The van der Waals surface area contributed by atoms with Gasteiger partial charge in [-0.05, 0) is 56.4 Å². The van der Waals surface area contributed by atoms with Crippen molar-refractivity contribution in [1.82, 2.24) is 4.90 Å². The first-order valence-corrected chi connectivity index (χ1v) is 7.71. The minimum absolute atomic E-state index is 0.438. The molecular formula is C15H28N2S. The Morgan fingerprint density at radius 3 is 2.22 bits per heavy atom. The summed E-state index contributed by atoms with van der Waals surface area (Å²) in [5.74, 6) is 0. The first-order chi connectivity index (χ1) is 8.32. The van der Waals surface area contributed by atoms with Gasteiger partial charge in [-0.3, -0.25) is 0 Å². The number of rotatable bonds is 5. The largest absolute Gasteiger partial charge is 0.393 e. The monoisotopic (exact) mass is 268 g/mol. The van der Waals surface area contributed by atoms with Crippen molar-refractivity contribution in [3.05, 3.63) is 0 Å². The van der Waals surface area contributed by atoms with Crippen LogP contribution in [0.25, 0.3) is 0 Å². The normalized spacial score (nSPS) is 26.2. The zero-order valence-corrected chi connectivity index (χ0v) is 13.0. The van der Waals surface area contributed by atoms with E-state index in [-0.39, 0.29) is 0 Å². The summed E-state index contributed by atoms with van der Waals surface area (Å²) in [5.41, 5.74) is 6.72. The molecule has 0 radical (unpaired) electrons. The highest BCUT2D eigenvalue weighted by atomic mass is 32.1. The molecule has 2 fully saturated rings. The van der Waals surface area contributed by atoms with Crippen LogP contribution in [0.3, 0.4) is 0 Å². The molecule has 0 aromatic rings. The second-order valence-corrected chi connectivity index (χ2v) is 7.98. The first-order valence-electron chi connectivity index (χ1n) is 7.31. The maximum absolute atomic E-state index is 5.72. The smallest absolute Gasteiger partial charge is 0.0733 e. The highest BCUT2D eigenvalue weighted by Crippen LogP contribution is 2.50. The molecule has 18 heavy (non-hydrogen) atoms. The highest BCUT2D eigenvalue weighted by molar-refractivity contribution is 7.80. The zero-order valence-electron chi connectivity index (χ0n) is 12.2. The second kappa shape index (κ2) is 5.09. The van der Waals surface area contributed by atoms with Gasteiger partial charge in [0.2, 0.25) is 0 Å². The number of nitrogens with two attached hydrogens (primary N) is 1. The van der Waals surface area contributed by atoms with E-state index in [0.29, 0.717) is 15.8 Å². The molecule has 2 saturated carbocycles. The molecule has 2 aliphatic carbocycles. The zero-order chi connectivity index (χ0) is 13.4. The maximum Gasteiger partial charge on any atom is 0.0733 e. The van der Waals surface area contributed by atoms with E-state index in [4.69, 9.17) is 18.0 Å². The molecule has 0 amide bonds. The topological polar surface area (TPSA) is 29.3 Å². The minimum Gasteiger partial charge on any atom is -0.393 e. The molecule has 0 spiro atoms. The summed E-state index contributed by atoms with van der Waals surface area (Å²) in [7, 11) is 2.29. The lowest BCUT2D eigenvalue weighted by Gasteiger charge is -2.39. The Balaban J connectivity index is 1.82. The molecule has 2 N–H and O–H groups in total. The Bertz CT molecular complexity index is 310. The fraction of sp³-hybridized carbons (Fsp3) is 0.933. The Labute approximate surface area is 117 Å². The molecule has 3 heteroatoms. The van der Waals surface area contributed by atoms with Gasteiger partial charge < -0.3 is 10.6 Å². The third-order valence-corrected chi connectivity index (χ3v) is 5.17. The van der Waals surface area contributed by atoms with Gasteiger partial charge >= 0.3 is 0 Å². The summed E-state index contributed by atoms with van der Waals surface area (Å²) in [6.07, 6.45) is 9.01. The lowest BCUT2D eigenvalue weighted by atomic mass is 9.75. The number of hydrogen-bond donors (Lipinski definition) is 1. The number of thiocarbonyl (C=S) groups is 1. The van der Waals surface area contributed by atoms with Crippen LogP contribution in [0.5, 0.6) is 0 Å². The van der Waals surface area contributed by atoms with Gasteiger partial charge in [-0.15, -0.1) is 0 Å². The summed E-state index contributed by atoms with van der Waals surface area (Å²) < 4.78 is 0. The predicted molar refractivity (Wildman–Crippen MR) is 81.7 cm³/mol. The summed E-state index contributed by atoms with van der Waals surface area (Å²) >= 11 is 5.08. The molecule has 0 unspecified atom stereocenters. The number of hydrogen-bond acceptors (Lipinski definition) is 2. The van der Waals surface area contributed by atoms with Crippen LogP contribution in [0.4, 0.5) is 0 Å². The first kappa shape index (κ1) is 14.3. The molecule has 0 aliphatic heterocycles. The van der Waals surface area contributed by atoms with Crippen molar-refractivity contribution in [2.75, 3.05) is 13.6 Å². The van der Waals surface area contributed by atoms with Gasteiger partial charge in [-0.1, -0.05) is 26.1 Å². The highest BCUT2D eigenvalue weighted by Gasteiger charge is 2.44. The van der Waals surface area contributed by atoms with Crippen molar-refractivity contribution in [2.45, 2.75) is 64.8 Å². The average Bonchev–Trinajstić information content (AvgIpc) is 2.96. The quantitative estimate of drug-likeness (QED) is 0.775. The van der Waals surface area contributed by atoms with E-state index in [2.05, 4.69) is 25.8 Å². The Kier molecular flexibility index (Phi) is 4.03. The van der Waals surface area contributed by atoms with Gasteiger partial charge in [0.15, 0.2) is 0 Å². The molecular weight excluding hydrogens is 240 g/mol. The van der Waals surface area contributed by atoms with E-state index >= 15 is 0 Å². The SMILES string of the molecule is CN(CC1(CC(N)=S)CC1)C1CCC(C)(C)CC1. The van der Waals surface area contributed by atoms with E-state index in [1.165, 1.54) is 45.1 Å². The van der Waals surface area contributed by atoms with E-state index < -0.39 is 0 Å². The van der Waals surface area contributed by atoms with Crippen molar-refractivity contribution in [2.24, 2.45) is 16.6 Å². The number of nitrogens with zero attached hydrogens (tertiary/aromatic N) is 1. The molecule has 0 saturated heterocycles. The summed E-state index contributed by atoms with van der Waals surface area (Å²) in [4.78, 5) is 3.28. The van der Waals surface area contributed by atoms with Crippen LogP contribution in [0, 0.1) is 10.8 Å². The Hall–Kier alpha value is -0.150. The third-order valence-electron chi connectivity index (χ3n) is 5.02. The Morgan fingerprint density at radius 2 is 1.78 bits per heavy atom. The molecule has 0 bridgehead atoms. The van der Waals surface area contributed by atoms with E-state index in [1.54, 1.807) is 0 Å². The van der Waals surface area contributed by atoms with Gasteiger partial charge in [-0.25, -0.2) is 0 Å². The van der Waals surface area contributed by atoms with Crippen LogP contribution in [0.2, 0.25) is 0 Å². The third kappa shape index (κ3) is 3.67. The summed E-state index contributed by atoms with van der Waals surface area (Å²) in [6.45, 7) is 5.99. The lowest BCUT2D eigenvalue weighted by molar-refractivity contribution is 0.111. The van der Waals surface area contributed by atoms with Crippen LogP contribution in [-0.2, 0) is 0 Å². The summed E-state index contributed by atoms with van der Waals surface area (Å²) in [6, 6.07) is 0.779. The van der Waals surface area contributed by atoms with Gasteiger partial charge in [0.05, 0.1) is 4.99 Å². The van der Waals surface area contributed by atoms with Crippen molar-refractivity contribution in [1.29, 1.82) is 0 Å². The maximum atomic E-state index is 5.72. The fourth-order valence-corrected chi connectivity index (χ4v) is 3.73. The molecule has 0 heterocycles. The van der Waals surface area contributed by atoms with Crippen LogP contribution < -0.4 is 5.73 Å². The molecule has 2 rings (SSSR count). The van der Waals surface area contributed by atoms with Gasteiger partial charge in [0, 0.05) is 19.0 Å². The van der Waals surface area contributed by atoms with Crippen molar-refractivity contribution in [3.63, 3.8) is 0 Å². The van der Waals surface area contributed by atoms with Crippen LogP contribution in [0.15, 0.2) is 0 Å². The van der Waals surface area contributed by atoms with Gasteiger partial charge in [-0.2, -0.15) is 0 Å². The van der Waals surface area contributed by atoms with E-state index in [1.807, 2.05) is 0 Å². The van der Waals surface area contributed by atoms with Crippen LogP contribution in [0.1, 0.15) is 58.8 Å². The van der Waals surface area contributed by atoms with Gasteiger partial charge in [0.1, 0.15) is 0 Å². The van der Waals surface area contributed by atoms with Crippen molar-refractivity contribution >= 4 is 17.2 Å². The van der Waals surface area contributed by atoms with Crippen molar-refractivity contribution < 1.29 is 0 Å². The minimum atomic E-state index is 0.438. The Morgan fingerprint density at radius 1 is 1.22 bits per heavy atom. The van der Waals surface area contributed by atoms with E-state index in [0.717, 1.165) is 12.5 Å².